The fraction of sp³-hybridized carbons (Fsp3) is 0.0769. The molecule has 0 aliphatic carbocycles. The Morgan fingerprint density at radius 1 is 1.21 bits per heavy atom. The maximum Gasteiger partial charge on any atom is 0.251 e. The summed E-state index contributed by atoms with van der Waals surface area (Å²) in [7, 11) is 0. The highest BCUT2D eigenvalue weighted by Gasteiger charge is 2.10. The summed E-state index contributed by atoms with van der Waals surface area (Å²) in [5.74, 6) is -0.137. The summed E-state index contributed by atoms with van der Waals surface area (Å²) in [6.45, 7) is 1.93. The van der Waals surface area contributed by atoms with Gasteiger partial charge in [0.15, 0.2) is 0 Å². The van der Waals surface area contributed by atoms with E-state index in [0.717, 1.165) is 16.6 Å². The highest BCUT2D eigenvalue weighted by atomic mass is 16.1. The Labute approximate surface area is 108 Å². The first kappa shape index (κ1) is 11.3. The number of hydrogen-bond acceptors (Lipinski definition) is 4. The third kappa shape index (κ3) is 1.83. The summed E-state index contributed by atoms with van der Waals surface area (Å²) in [4.78, 5) is 19.2. The number of rotatable bonds is 2. The van der Waals surface area contributed by atoms with Gasteiger partial charge in [-0.25, -0.2) is 9.97 Å². The third-order valence-corrected chi connectivity index (χ3v) is 2.88. The number of nitrogens with zero attached hydrogens (tertiary/aromatic N) is 4. The smallest absolute Gasteiger partial charge is 0.251 e. The Hall–Kier alpha value is -2.76. The van der Waals surface area contributed by atoms with Gasteiger partial charge in [0, 0.05) is 17.8 Å². The zero-order chi connectivity index (χ0) is 13.4. The standard InChI is InChI=1S/C13H11N5O/c1-8-10-4-2-3-5-11(10)18(17-8)13-15-6-9(7-16-13)12(14)19/h2-7H,1H3,(H2,14,19). The van der Waals surface area contributed by atoms with E-state index in [0.29, 0.717) is 5.95 Å². The predicted octanol–water partition coefficient (Wildman–Crippen LogP) is 1.22. The molecule has 1 aromatic carbocycles. The van der Waals surface area contributed by atoms with Gasteiger partial charge >= 0.3 is 0 Å². The SMILES string of the molecule is Cc1nn(-c2ncc(C(N)=O)cn2)c2ccccc12. The number of carbonyl (C=O) groups is 1. The minimum atomic E-state index is -0.548. The van der Waals surface area contributed by atoms with Gasteiger partial charge in [0.1, 0.15) is 0 Å². The van der Waals surface area contributed by atoms with Crippen molar-refractivity contribution in [2.24, 2.45) is 5.73 Å². The summed E-state index contributed by atoms with van der Waals surface area (Å²) in [5.41, 5.74) is 7.25. The molecular weight excluding hydrogens is 242 g/mol. The van der Waals surface area contributed by atoms with E-state index >= 15 is 0 Å². The van der Waals surface area contributed by atoms with Crippen molar-refractivity contribution in [3.8, 4) is 5.95 Å². The van der Waals surface area contributed by atoms with Crippen LogP contribution < -0.4 is 5.73 Å². The van der Waals surface area contributed by atoms with E-state index in [9.17, 15) is 4.79 Å². The van der Waals surface area contributed by atoms with Crippen LogP contribution in [-0.4, -0.2) is 25.7 Å². The second-order valence-corrected chi connectivity index (χ2v) is 4.15. The van der Waals surface area contributed by atoms with Crippen LogP contribution in [0.1, 0.15) is 16.1 Å². The molecule has 3 aromatic rings. The molecule has 6 heteroatoms. The van der Waals surface area contributed by atoms with Gasteiger partial charge in [-0.3, -0.25) is 4.79 Å². The molecule has 2 heterocycles. The minimum Gasteiger partial charge on any atom is -0.366 e. The molecule has 2 N–H and O–H groups in total. The summed E-state index contributed by atoms with van der Waals surface area (Å²) >= 11 is 0. The van der Waals surface area contributed by atoms with Crippen LogP contribution >= 0.6 is 0 Å². The number of aryl methyl sites for hydroxylation is 1. The lowest BCUT2D eigenvalue weighted by molar-refractivity contribution is 0.0999. The zero-order valence-electron chi connectivity index (χ0n) is 10.2. The molecular formula is C13H11N5O. The second kappa shape index (κ2) is 4.16. The number of amides is 1. The highest BCUT2D eigenvalue weighted by molar-refractivity contribution is 5.92. The van der Waals surface area contributed by atoms with Gasteiger partial charge in [-0.15, -0.1) is 0 Å². The average molecular weight is 253 g/mol. The zero-order valence-corrected chi connectivity index (χ0v) is 10.2. The van der Waals surface area contributed by atoms with Crippen LogP contribution in [0.15, 0.2) is 36.7 Å². The van der Waals surface area contributed by atoms with Crippen molar-refractivity contribution >= 4 is 16.8 Å². The summed E-state index contributed by atoms with van der Waals surface area (Å²) in [5, 5.41) is 5.46. The molecule has 0 spiro atoms. The van der Waals surface area contributed by atoms with E-state index in [1.54, 1.807) is 4.68 Å². The number of primary amides is 1. The molecule has 1 amide bonds. The highest BCUT2D eigenvalue weighted by Crippen LogP contribution is 2.19. The van der Waals surface area contributed by atoms with Crippen molar-refractivity contribution in [3.05, 3.63) is 47.9 Å². The molecule has 0 fully saturated rings. The van der Waals surface area contributed by atoms with Crippen LogP contribution in [0.2, 0.25) is 0 Å². The number of carbonyl (C=O) groups excluding carboxylic acids is 1. The van der Waals surface area contributed by atoms with E-state index in [4.69, 9.17) is 5.73 Å². The van der Waals surface area contributed by atoms with Crippen LogP contribution in [0.5, 0.6) is 0 Å². The maximum atomic E-state index is 11.0. The molecule has 0 aliphatic heterocycles. The number of para-hydroxylation sites is 1. The molecule has 0 saturated carbocycles. The van der Waals surface area contributed by atoms with Crippen molar-refractivity contribution in [2.45, 2.75) is 6.92 Å². The van der Waals surface area contributed by atoms with Gasteiger partial charge in [0.05, 0.1) is 16.8 Å². The molecule has 19 heavy (non-hydrogen) atoms. The van der Waals surface area contributed by atoms with E-state index in [1.165, 1.54) is 12.4 Å². The van der Waals surface area contributed by atoms with E-state index < -0.39 is 5.91 Å². The first-order valence-electron chi connectivity index (χ1n) is 5.73. The normalized spacial score (nSPS) is 10.8. The fourth-order valence-corrected chi connectivity index (χ4v) is 1.93. The molecule has 2 aromatic heterocycles. The van der Waals surface area contributed by atoms with E-state index in [2.05, 4.69) is 15.1 Å². The number of hydrogen-bond donors (Lipinski definition) is 1. The summed E-state index contributed by atoms with van der Waals surface area (Å²) in [6, 6.07) is 7.82. The number of benzene rings is 1. The van der Waals surface area contributed by atoms with Crippen LogP contribution in [-0.2, 0) is 0 Å². The molecule has 0 aliphatic rings. The van der Waals surface area contributed by atoms with Gasteiger partial charge in [0.2, 0.25) is 0 Å². The fourth-order valence-electron chi connectivity index (χ4n) is 1.93. The van der Waals surface area contributed by atoms with Crippen LogP contribution in [0.3, 0.4) is 0 Å². The topological polar surface area (TPSA) is 86.7 Å². The van der Waals surface area contributed by atoms with Crippen molar-refractivity contribution in [2.75, 3.05) is 0 Å². The van der Waals surface area contributed by atoms with Crippen LogP contribution in [0.25, 0.3) is 16.9 Å². The van der Waals surface area contributed by atoms with Gasteiger partial charge in [-0.05, 0) is 13.0 Å². The number of fused-ring (bicyclic) bond motifs is 1. The third-order valence-electron chi connectivity index (χ3n) is 2.88. The summed E-state index contributed by atoms with van der Waals surface area (Å²) in [6.07, 6.45) is 2.80. The van der Waals surface area contributed by atoms with Gasteiger partial charge in [-0.1, -0.05) is 18.2 Å². The van der Waals surface area contributed by atoms with Gasteiger partial charge in [0.25, 0.3) is 11.9 Å². The van der Waals surface area contributed by atoms with Crippen molar-refractivity contribution < 1.29 is 4.79 Å². The first-order valence-corrected chi connectivity index (χ1v) is 5.73. The average Bonchev–Trinajstić information content (AvgIpc) is 2.77. The summed E-state index contributed by atoms with van der Waals surface area (Å²) < 4.78 is 1.65. The van der Waals surface area contributed by atoms with Gasteiger partial charge in [-0.2, -0.15) is 9.78 Å². The van der Waals surface area contributed by atoms with E-state index in [-0.39, 0.29) is 5.56 Å². The second-order valence-electron chi connectivity index (χ2n) is 4.15. The van der Waals surface area contributed by atoms with Crippen molar-refractivity contribution in [1.29, 1.82) is 0 Å². The number of nitrogens with two attached hydrogens (primary N) is 1. The van der Waals surface area contributed by atoms with Crippen LogP contribution in [0.4, 0.5) is 0 Å². The monoisotopic (exact) mass is 253 g/mol. The van der Waals surface area contributed by atoms with Crippen molar-refractivity contribution in [3.63, 3.8) is 0 Å². The minimum absolute atomic E-state index is 0.275. The molecule has 0 unspecified atom stereocenters. The van der Waals surface area contributed by atoms with Crippen molar-refractivity contribution in [1.82, 2.24) is 19.7 Å². The molecule has 0 saturated heterocycles. The van der Waals surface area contributed by atoms with Crippen LogP contribution in [0, 0.1) is 6.92 Å². The first-order chi connectivity index (χ1) is 9.16. The lowest BCUT2D eigenvalue weighted by Gasteiger charge is -2.01. The van der Waals surface area contributed by atoms with E-state index in [1.807, 2.05) is 31.2 Å². The lowest BCUT2D eigenvalue weighted by Crippen LogP contribution is -2.13. The van der Waals surface area contributed by atoms with Gasteiger partial charge < -0.3 is 5.73 Å². The Bertz CT molecular complexity index is 760. The molecule has 3 rings (SSSR count). The molecule has 0 radical (unpaired) electrons. The Kier molecular flexibility index (Phi) is 2.49. The lowest BCUT2D eigenvalue weighted by atomic mass is 10.2. The number of aromatic nitrogens is 4. The molecule has 94 valence electrons. The molecule has 0 atom stereocenters. The Morgan fingerprint density at radius 3 is 2.58 bits per heavy atom. The Balaban J connectivity index is 2.16. The largest absolute Gasteiger partial charge is 0.366 e. The maximum absolute atomic E-state index is 11.0. The molecule has 0 bridgehead atoms. The quantitative estimate of drug-likeness (QED) is 0.744. The Morgan fingerprint density at radius 2 is 1.89 bits per heavy atom. The molecule has 6 nitrogen and oxygen atoms in total. The predicted molar refractivity (Wildman–Crippen MR) is 69.9 cm³/mol.